The minimum Gasteiger partial charge on any atom is -0.345 e. The number of hydrogen-bond donors (Lipinski definition) is 0. The van der Waals surface area contributed by atoms with Gasteiger partial charge in [-0.15, -0.1) is 0 Å². The fraction of sp³-hybridized carbons (Fsp3) is 0.409. The summed E-state index contributed by atoms with van der Waals surface area (Å²) in [6, 6.07) is 23.6. The van der Waals surface area contributed by atoms with Crippen LogP contribution in [0.25, 0.3) is 0 Å². The van der Waals surface area contributed by atoms with Gasteiger partial charge in [-0.05, 0) is 38.8 Å². The van der Waals surface area contributed by atoms with Crippen molar-refractivity contribution in [2.24, 2.45) is 5.92 Å². The Hall–Kier alpha value is -1.76. The van der Waals surface area contributed by atoms with Gasteiger partial charge in [0.2, 0.25) is 0 Å². The first-order valence-corrected chi connectivity index (χ1v) is 10.7. The molecular weight excluding hydrogens is 357 g/mol. The van der Waals surface area contributed by atoms with Gasteiger partial charge in [0.05, 0.1) is 23.2 Å². The lowest BCUT2D eigenvalue weighted by Crippen LogP contribution is -2.63. The van der Waals surface area contributed by atoms with Gasteiger partial charge in [0.25, 0.3) is 0 Å². The molecule has 2 aliphatic heterocycles. The molecule has 2 heterocycles. The second-order valence-corrected chi connectivity index (χ2v) is 10.3. The van der Waals surface area contributed by atoms with Gasteiger partial charge in [-0.2, -0.15) is 5.26 Å². The van der Waals surface area contributed by atoms with E-state index in [1.54, 1.807) is 0 Å². The summed E-state index contributed by atoms with van der Waals surface area (Å²) in [4.78, 5) is 0. The highest BCUT2D eigenvalue weighted by atomic mass is 31.1. The molecule has 2 aromatic rings. The van der Waals surface area contributed by atoms with Crippen LogP contribution in [0.2, 0.25) is 0 Å². The summed E-state index contributed by atoms with van der Waals surface area (Å²) in [5.74, 6) is -0.807. The van der Waals surface area contributed by atoms with E-state index in [0.29, 0.717) is 0 Å². The number of hydrogen-bond acceptors (Lipinski definition) is 4. The first-order valence-electron chi connectivity index (χ1n) is 9.37. The Bertz CT molecular complexity index is 842. The summed E-state index contributed by atoms with van der Waals surface area (Å²) in [5, 5.41) is 12.1. The molecule has 1 aliphatic carbocycles. The molecule has 0 N–H and O–H groups in total. The fourth-order valence-corrected chi connectivity index (χ4v) is 8.33. The molecule has 4 nitrogen and oxygen atoms in total. The molecular formula is C22H22NO3P. The molecule has 0 radical (unpaired) electrons. The van der Waals surface area contributed by atoms with Crippen LogP contribution in [0.5, 0.6) is 0 Å². The zero-order valence-electron chi connectivity index (χ0n) is 15.4. The zero-order chi connectivity index (χ0) is 18.6. The van der Waals surface area contributed by atoms with Gasteiger partial charge in [0, 0.05) is 0 Å². The van der Waals surface area contributed by atoms with Gasteiger partial charge in [-0.1, -0.05) is 60.7 Å². The van der Waals surface area contributed by atoms with E-state index in [2.05, 4.69) is 54.6 Å². The third-order valence-electron chi connectivity index (χ3n) is 5.91. The van der Waals surface area contributed by atoms with Crippen LogP contribution in [0.4, 0.5) is 0 Å². The van der Waals surface area contributed by atoms with Crippen molar-refractivity contribution in [2.45, 2.75) is 49.7 Å². The van der Waals surface area contributed by atoms with Crippen molar-refractivity contribution in [2.75, 3.05) is 0 Å². The Morgan fingerprint density at radius 2 is 1.56 bits per heavy atom. The average Bonchev–Trinajstić information content (AvgIpc) is 3.07. The van der Waals surface area contributed by atoms with Gasteiger partial charge in [0.15, 0.2) is 12.1 Å². The maximum absolute atomic E-state index is 10.00. The topological polar surface area (TPSA) is 51.5 Å². The lowest BCUT2D eigenvalue weighted by atomic mass is 9.69. The van der Waals surface area contributed by atoms with Gasteiger partial charge < -0.3 is 14.2 Å². The predicted molar refractivity (Wildman–Crippen MR) is 104 cm³/mol. The molecule has 138 valence electrons. The summed E-state index contributed by atoms with van der Waals surface area (Å²) in [6.45, 7) is 3.84. The maximum Gasteiger partial charge on any atom is 0.188 e. The number of ether oxygens (including phenoxy) is 3. The quantitative estimate of drug-likeness (QED) is 0.768. The molecule has 2 saturated heterocycles. The summed E-state index contributed by atoms with van der Waals surface area (Å²) in [5.41, 5.74) is 0. The fourth-order valence-electron chi connectivity index (χ4n) is 4.84. The Kier molecular flexibility index (Phi) is 3.93. The van der Waals surface area contributed by atoms with Crippen molar-refractivity contribution in [3.63, 3.8) is 0 Å². The minimum absolute atomic E-state index is 0.0141. The van der Waals surface area contributed by atoms with Gasteiger partial charge in [0.1, 0.15) is 6.10 Å². The molecule has 1 saturated carbocycles. The second kappa shape index (κ2) is 6.12. The third kappa shape index (κ3) is 2.43. The molecule has 3 aliphatic rings. The Morgan fingerprint density at radius 3 is 2.11 bits per heavy atom. The molecule has 1 unspecified atom stereocenters. The Balaban J connectivity index is 1.70. The molecule has 0 bridgehead atoms. The normalized spacial score (nSPS) is 35.9. The van der Waals surface area contributed by atoms with Crippen LogP contribution in [0, 0.1) is 17.2 Å². The van der Waals surface area contributed by atoms with Crippen molar-refractivity contribution >= 4 is 18.5 Å². The molecule has 0 aromatic heterocycles. The van der Waals surface area contributed by atoms with E-state index in [9.17, 15) is 5.26 Å². The summed E-state index contributed by atoms with van der Waals surface area (Å²) < 4.78 is 18.7. The highest BCUT2D eigenvalue weighted by molar-refractivity contribution is 7.74. The number of benzene rings is 2. The Morgan fingerprint density at radius 1 is 0.963 bits per heavy atom. The summed E-state index contributed by atoms with van der Waals surface area (Å²) in [6.07, 6.45) is 0.0952. The molecule has 27 heavy (non-hydrogen) atoms. The van der Waals surface area contributed by atoms with Crippen LogP contribution >= 0.6 is 7.92 Å². The van der Waals surface area contributed by atoms with Gasteiger partial charge in [-0.3, -0.25) is 0 Å². The van der Waals surface area contributed by atoms with Crippen LogP contribution in [-0.2, 0) is 14.2 Å². The number of nitrogens with zero attached hydrogens (tertiary/aromatic N) is 1. The molecule has 0 amide bonds. The molecule has 3 fully saturated rings. The first kappa shape index (κ1) is 17.3. The van der Waals surface area contributed by atoms with Crippen LogP contribution in [0.15, 0.2) is 60.7 Å². The molecule has 5 atom stereocenters. The van der Waals surface area contributed by atoms with E-state index < -0.39 is 20.0 Å². The minimum atomic E-state index is -0.857. The van der Waals surface area contributed by atoms with Crippen molar-refractivity contribution in [1.29, 1.82) is 5.26 Å². The van der Waals surface area contributed by atoms with Crippen molar-refractivity contribution in [3.8, 4) is 6.07 Å². The standard InChI is InChI=1S/C22H22NO3P/c1-21(2)25-19-20(26-21)24-18-13-15(14-23)22(18,19)27(16-9-5-3-6-10-16)17-11-7-4-8-12-17/h3-12,15,18-20H,13H2,1-2H3/t15?,18-,19+,20-,22-/m1/s1. The summed E-state index contributed by atoms with van der Waals surface area (Å²) >= 11 is 0. The lowest BCUT2D eigenvalue weighted by Gasteiger charge is -2.54. The van der Waals surface area contributed by atoms with E-state index in [0.717, 1.165) is 6.42 Å². The molecule has 5 heteroatoms. The van der Waals surface area contributed by atoms with E-state index in [-0.39, 0.29) is 23.3 Å². The van der Waals surface area contributed by atoms with Crippen molar-refractivity contribution < 1.29 is 14.2 Å². The second-order valence-electron chi connectivity index (χ2n) is 7.86. The van der Waals surface area contributed by atoms with Crippen LogP contribution in [0.3, 0.4) is 0 Å². The van der Waals surface area contributed by atoms with E-state index in [1.807, 2.05) is 26.0 Å². The molecule has 2 aromatic carbocycles. The smallest absolute Gasteiger partial charge is 0.188 e. The lowest BCUT2D eigenvalue weighted by molar-refractivity contribution is -0.219. The third-order valence-corrected chi connectivity index (χ3v) is 9.17. The van der Waals surface area contributed by atoms with Crippen LogP contribution in [0.1, 0.15) is 20.3 Å². The zero-order valence-corrected chi connectivity index (χ0v) is 16.3. The summed E-state index contributed by atoms with van der Waals surface area (Å²) in [7, 11) is -0.857. The first-order chi connectivity index (χ1) is 13.1. The van der Waals surface area contributed by atoms with Crippen molar-refractivity contribution in [3.05, 3.63) is 60.7 Å². The highest BCUT2D eigenvalue weighted by Gasteiger charge is 2.75. The Labute approximate surface area is 160 Å². The van der Waals surface area contributed by atoms with E-state index in [4.69, 9.17) is 14.2 Å². The number of nitriles is 1. The number of rotatable bonds is 3. The predicted octanol–water partition coefficient (Wildman–Crippen LogP) is 3.28. The largest absolute Gasteiger partial charge is 0.345 e. The average molecular weight is 379 g/mol. The highest BCUT2D eigenvalue weighted by Crippen LogP contribution is 2.69. The monoisotopic (exact) mass is 379 g/mol. The van der Waals surface area contributed by atoms with Crippen LogP contribution < -0.4 is 10.6 Å². The van der Waals surface area contributed by atoms with Crippen molar-refractivity contribution in [1.82, 2.24) is 0 Å². The van der Waals surface area contributed by atoms with Gasteiger partial charge >= 0.3 is 0 Å². The SMILES string of the molecule is CC1(C)O[C@H]2O[C@@H]3CC(C#N)[C@]3(P(c3ccccc3)c3ccccc3)[C@H]2O1. The molecule has 0 spiro atoms. The van der Waals surface area contributed by atoms with Crippen LogP contribution in [-0.4, -0.2) is 29.4 Å². The number of fused-ring (bicyclic) bond motifs is 3. The maximum atomic E-state index is 10.00. The van der Waals surface area contributed by atoms with E-state index in [1.165, 1.54) is 10.6 Å². The van der Waals surface area contributed by atoms with Gasteiger partial charge in [-0.25, -0.2) is 0 Å². The van der Waals surface area contributed by atoms with E-state index >= 15 is 0 Å². The molecule has 5 rings (SSSR count).